The predicted octanol–water partition coefficient (Wildman–Crippen LogP) is 4.15. The molecule has 1 fully saturated rings. The van der Waals surface area contributed by atoms with E-state index in [9.17, 15) is 5.11 Å². The summed E-state index contributed by atoms with van der Waals surface area (Å²) in [4.78, 5) is 2.42. The molecular weight excluding hydrogens is 281 g/mol. The third-order valence-electron chi connectivity index (χ3n) is 3.94. The largest absolute Gasteiger partial charge is 0.388 e. The molecule has 2 rings (SSSR count). The predicted molar refractivity (Wildman–Crippen MR) is 80.9 cm³/mol. The summed E-state index contributed by atoms with van der Waals surface area (Å²) in [6, 6.07) is 5.42. The van der Waals surface area contributed by atoms with Crippen LogP contribution >= 0.6 is 23.2 Å². The van der Waals surface area contributed by atoms with Crippen LogP contribution in [0, 0.1) is 5.92 Å². The van der Waals surface area contributed by atoms with Crippen LogP contribution in [0.4, 0.5) is 0 Å². The van der Waals surface area contributed by atoms with Crippen LogP contribution in [0.2, 0.25) is 10.0 Å². The van der Waals surface area contributed by atoms with Gasteiger partial charge in [-0.3, -0.25) is 0 Å². The highest BCUT2D eigenvalue weighted by molar-refractivity contribution is 6.42. The third kappa shape index (κ3) is 4.09. The standard InChI is InChI=1S/C15H21Cl2NO/c1-11-5-8-18(9-6-11)10-7-14(19)12-3-2-4-13(16)15(12)17/h2-4,11,14,19H,5-10H2,1H3. The van der Waals surface area contributed by atoms with Crippen molar-refractivity contribution in [1.29, 1.82) is 0 Å². The number of likely N-dealkylation sites (tertiary alicyclic amines) is 1. The van der Waals surface area contributed by atoms with Crippen molar-refractivity contribution in [1.82, 2.24) is 4.90 Å². The number of aliphatic hydroxyl groups is 1. The molecule has 1 unspecified atom stereocenters. The molecule has 1 heterocycles. The van der Waals surface area contributed by atoms with Gasteiger partial charge in [-0.2, -0.15) is 0 Å². The molecule has 0 spiro atoms. The van der Waals surface area contributed by atoms with Gasteiger partial charge >= 0.3 is 0 Å². The van der Waals surface area contributed by atoms with Crippen molar-refractivity contribution >= 4 is 23.2 Å². The average molecular weight is 302 g/mol. The Kier molecular flexibility index (Phi) is 5.52. The molecule has 0 amide bonds. The molecule has 4 heteroatoms. The lowest BCUT2D eigenvalue weighted by atomic mass is 9.98. The topological polar surface area (TPSA) is 23.5 Å². The van der Waals surface area contributed by atoms with Crippen molar-refractivity contribution in [3.63, 3.8) is 0 Å². The second-order valence-corrected chi connectivity index (χ2v) is 6.26. The van der Waals surface area contributed by atoms with Gasteiger partial charge < -0.3 is 10.0 Å². The number of benzene rings is 1. The van der Waals surface area contributed by atoms with Gasteiger partial charge in [0.1, 0.15) is 0 Å². The number of hydrogen-bond acceptors (Lipinski definition) is 2. The minimum Gasteiger partial charge on any atom is -0.388 e. The molecule has 1 aromatic carbocycles. The summed E-state index contributed by atoms with van der Waals surface area (Å²) in [5.41, 5.74) is 0.736. The summed E-state index contributed by atoms with van der Waals surface area (Å²) in [5.74, 6) is 0.837. The molecule has 1 aromatic rings. The van der Waals surface area contributed by atoms with Crippen LogP contribution in [0.1, 0.15) is 37.9 Å². The summed E-state index contributed by atoms with van der Waals surface area (Å²) in [6.07, 6.45) is 2.68. The van der Waals surface area contributed by atoms with Crippen molar-refractivity contribution < 1.29 is 5.11 Å². The van der Waals surface area contributed by atoms with Gasteiger partial charge in [-0.1, -0.05) is 42.3 Å². The summed E-state index contributed by atoms with van der Waals surface area (Å²) < 4.78 is 0. The Bertz CT molecular complexity index is 417. The van der Waals surface area contributed by atoms with Crippen molar-refractivity contribution in [2.45, 2.75) is 32.3 Å². The zero-order valence-electron chi connectivity index (χ0n) is 11.3. The number of aliphatic hydroxyl groups excluding tert-OH is 1. The maximum absolute atomic E-state index is 10.2. The number of piperidine rings is 1. The zero-order chi connectivity index (χ0) is 13.8. The Balaban J connectivity index is 1.87. The smallest absolute Gasteiger partial charge is 0.0817 e. The van der Waals surface area contributed by atoms with E-state index in [4.69, 9.17) is 23.2 Å². The second-order valence-electron chi connectivity index (χ2n) is 5.47. The van der Waals surface area contributed by atoms with Crippen molar-refractivity contribution in [2.24, 2.45) is 5.92 Å². The van der Waals surface area contributed by atoms with Gasteiger partial charge in [-0.05, 0) is 44.3 Å². The van der Waals surface area contributed by atoms with Crippen LogP contribution in [0.15, 0.2) is 18.2 Å². The first kappa shape index (κ1) is 15.1. The minimum atomic E-state index is -0.537. The third-order valence-corrected chi connectivity index (χ3v) is 4.77. The van der Waals surface area contributed by atoms with E-state index < -0.39 is 6.10 Å². The number of halogens is 2. The van der Waals surface area contributed by atoms with Crippen LogP contribution in [-0.2, 0) is 0 Å². The molecule has 1 aliphatic heterocycles. The van der Waals surface area contributed by atoms with Crippen molar-refractivity contribution in [3.05, 3.63) is 33.8 Å². The van der Waals surface area contributed by atoms with E-state index >= 15 is 0 Å². The lowest BCUT2D eigenvalue weighted by molar-refractivity contribution is 0.125. The zero-order valence-corrected chi connectivity index (χ0v) is 12.8. The first-order valence-corrected chi connectivity index (χ1v) is 7.68. The Labute approximate surface area is 125 Å². The van der Waals surface area contributed by atoms with Crippen molar-refractivity contribution in [3.8, 4) is 0 Å². The molecular formula is C15H21Cl2NO. The fourth-order valence-corrected chi connectivity index (χ4v) is 2.96. The average Bonchev–Trinajstić information content (AvgIpc) is 2.41. The van der Waals surface area contributed by atoms with E-state index in [0.29, 0.717) is 16.5 Å². The molecule has 0 aliphatic carbocycles. The number of rotatable bonds is 4. The summed E-state index contributed by atoms with van der Waals surface area (Å²) in [6.45, 7) is 5.49. The lowest BCUT2D eigenvalue weighted by Gasteiger charge is -2.30. The number of nitrogens with zero attached hydrogens (tertiary/aromatic N) is 1. The van der Waals surface area contributed by atoms with E-state index in [1.165, 1.54) is 12.8 Å². The molecule has 0 aromatic heterocycles. The van der Waals surface area contributed by atoms with Gasteiger partial charge in [0.25, 0.3) is 0 Å². The van der Waals surface area contributed by atoms with Gasteiger partial charge in [0.15, 0.2) is 0 Å². The van der Waals surface area contributed by atoms with E-state index in [1.54, 1.807) is 6.07 Å². The van der Waals surface area contributed by atoms with Crippen molar-refractivity contribution in [2.75, 3.05) is 19.6 Å². The molecule has 0 saturated carbocycles. The quantitative estimate of drug-likeness (QED) is 0.903. The van der Waals surface area contributed by atoms with Gasteiger partial charge in [-0.15, -0.1) is 0 Å². The van der Waals surface area contributed by atoms with E-state index in [-0.39, 0.29) is 0 Å². The van der Waals surface area contributed by atoms with E-state index in [1.807, 2.05) is 12.1 Å². The summed E-state index contributed by atoms with van der Waals surface area (Å²) >= 11 is 12.1. The molecule has 0 bridgehead atoms. The Morgan fingerprint density at radius 1 is 1.32 bits per heavy atom. The molecule has 0 radical (unpaired) electrons. The first-order valence-electron chi connectivity index (χ1n) is 6.92. The van der Waals surface area contributed by atoms with Crippen LogP contribution in [0.5, 0.6) is 0 Å². The highest BCUT2D eigenvalue weighted by Crippen LogP contribution is 2.31. The molecule has 1 atom stereocenters. The maximum atomic E-state index is 10.2. The molecule has 106 valence electrons. The minimum absolute atomic E-state index is 0.476. The van der Waals surface area contributed by atoms with E-state index in [2.05, 4.69) is 11.8 Å². The van der Waals surface area contributed by atoms with Crippen LogP contribution in [-0.4, -0.2) is 29.6 Å². The monoisotopic (exact) mass is 301 g/mol. The van der Waals surface area contributed by atoms with Gasteiger partial charge in [0, 0.05) is 12.1 Å². The van der Waals surface area contributed by atoms with Crippen LogP contribution in [0.3, 0.4) is 0 Å². The molecule has 1 aliphatic rings. The fourth-order valence-electron chi connectivity index (χ4n) is 2.52. The highest BCUT2D eigenvalue weighted by atomic mass is 35.5. The Morgan fingerprint density at radius 3 is 2.68 bits per heavy atom. The highest BCUT2D eigenvalue weighted by Gasteiger charge is 2.18. The Hall–Kier alpha value is -0.280. The second kappa shape index (κ2) is 6.94. The molecule has 1 saturated heterocycles. The SMILES string of the molecule is CC1CCN(CCC(O)c2cccc(Cl)c2Cl)CC1. The lowest BCUT2D eigenvalue weighted by Crippen LogP contribution is -2.34. The van der Waals surface area contributed by atoms with Crippen LogP contribution in [0.25, 0.3) is 0 Å². The first-order chi connectivity index (χ1) is 9.08. The number of hydrogen-bond donors (Lipinski definition) is 1. The van der Waals surface area contributed by atoms with Gasteiger partial charge in [-0.25, -0.2) is 0 Å². The normalized spacial score (nSPS) is 19.6. The van der Waals surface area contributed by atoms with Gasteiger partial charge in [0.05, 0.1) is 16.1 Å². The fraction of sp³-hybridized carbons (Fsp3) is 0.600. The Morgan fingerprint density at radius 2 is 2.00 bits per heavy atom. The van der Waals surface area contributed by atoms with Crippen LogP contribution < -0.4 is 0 Å². The molecule has 19 heavy (non-hydrogen) atoms. The molecule has 1 N–H and O–H groups in total. The van der Waals surface area contributed by atoms with Gasteiger partial charge in [0.2, 0.25) is 0 Å². The maximum Gasteiger partial charge on any atom is 0.0817 e. The summed E-state index contributed by atoms with van der Waals surface area (Å²) in [5, 5.41) is 11.2. The van der Waals surface area contributed by atoms with E-state index in [0.717, 1.165) is 31.1 Å². The summed E-state index contributed by atoms with van der Waals surface area (Å²) in [7, 11) is 0. The molecule has 2 nitrogen and oxygen atoms in total.